The SMILES string of the molecule is CCC1=C(C(CC)(CC)c2ccccc2-n2[nH+]c(C)c(-c3ccc4oc5c(-n6c7ccccc7c7ccccc76)cc(-c6nc(C)n(-c7ccc8oc9ccccc9c8c7)c6C)cc5c4c3)c2C)C1. The molecule has 0 radical (unpaired) electrons. The Balaban J connectivity index is 1.02. The maximum Gasteiger partial charge on any atom is 0.210 e. The number of aromatic nitrogens is 5. The van der Waals surface area contributed by atoms with Crippen molar-refractivity contribution in [3.8, 4) is 39.4 Å². The normalized spacial score (nSPS) is 13.2. The van der Waals surface area contributed by atoms with Gasteiger partial charge in [-0.3, -0.25) is 0 Å². The molecule has 1 aliphatic rings. The molecule has 7 heteroatoms. The molecule has 12 aromatic rings. The van der Waals surface area contributed by atoms with Crippen molar-refractivity contribution in [3.05, 3.63) is 185 Å². The molecular formula is C62H54N5O2+. The number of imidazole rings is 1. The average Bonchev–Trinajstić information content (AvgIpc) is 3.59. The minimum Gasteiger partial charge on any atom is -0.456 e. The molecule has 0 saturated heterocycles. The van der Waals surface area contributed by atoms with Gasteiger partial charge in [0.25, 0.3) is 0 Å². The Morgan fingerprint density at radius 3 is 1.94 bits per heavy atom. The van der Waals surface area contributed by atoms with Crippen LogP contribution in [0, 0.1) is 27.7 Å². The van der Waals surface area contributed by atoms with E-state index in [0.717, 1.165) is 126 Å². The zero-order valence-electron chi connectivity index (χ0n) is 40.3. The van der Waals surface area contributed by atoms with E-state index in [1.165, 1.54) is 33.3 Å². The van der Waals surface area contributed by atoms with Crippen LogP contribution in [-0.4, -0.2) is 18.8 Å². The second kappa shape index (κ2) is 15.3. The number of aryl methyl sites for hydroxylation is 2. The van der Waals surface area contributed by atoms with Gasteiger partial charge < -0.3 is 18.0 Å². The highest BCUT2D eigenvalue weighted by atomic mass is 16.3. The number of H-pyrrole nitrogens is 1. The number of furan rings is 2. The van der Waals surface area contributed by atoms with E-state index in [1.54, 1.807) is 11.1 Å². The molecule has 7 nitrogen and oxygen atoms in total. The summed E-state index contributed by atoms with van der Waals surface area (Å²) in [4.78, 5) is 5.38. The summed E-state index contributed by atoms with van der Waals surface area (Å²) in [5.74, 6) is 0.913. The number of para-hydroxylation sites is 4. The van der Waals surface area contributed by atoms with Gasteiger partial charge in [-0.25, -0.2) is 4.98 Å². The van der Waals surface area contributed by atoms with Crippen molar-refractivity contribution >= 4 is 65.7 Å². The van der Waals surface area contributed by atoms with Gasteiger partial charge in [-0.15, -0.1) is 9.78 Å². The van der Waals surface area contributed by atoms with Gasteiger partial charge in [-0.2, -0.15) is 0 Å². The van der Waals surface area contributed by atoms with Crippen molar-refractivity contribution in [1.29, 1.82) is 0 Å². The number of nitrogens with zero attached hydrogens (tertiary/aromatic N) is 4. The van der Waals surface area contributed by atoms with Gasteiger partial charge >= 0.3 is 0 Å². The summed E-state index contributed by atoms with van der Waals surface area (Å²) < 4.78 is 20.3. The predicted octanol–water partition coefficient (Wildman–Crippen LogP) is 16.1. The highest BCUT2D eigenvalue weighted by Gasteiger charge is 2.43. The van der Waals surface area contributed by atoms with Crippen LogP contribution in [0.2, 0.25) is 0 Å². The number of rotatable bonds is 10. The Hall–Kier alpha value is -7.90. The molecule has 0 bridgehead atoms. The minimum absolute atomic E-state index is 0.0238. The topological polar surface area (TPSA) is 68.1 Å². The van der Waals surface area contributed by atoms with E-state index in [9.17, 15) is 0 Å². The molecule has 0 aliphatic heterocycles. The first-order valence-corrected chi connectivity index (χ1v) is 24.6. The quantitative estimate of drug-likeness (QED) is 0.128. The molecule has 0 saturated carbocycles. The number of hydrogen-bond acceptors (Lipinski definition) is 3. The van der Waals surface area contributed by atoms with Gasteiger partial charge in [0, 0.05) is 61.6 Å². The summed E-state index contributed by atoms with van der Waals surface area (Å²) in [5, 5.41) is 10.6. The zero-order chi connectivity index (χ0) is 46.9. The smallest absolute Gasteiger partial charge is 0.210 e. The van der Waals surface area contributed by atoms with E-state index in [1.807, 2.05) is 12.1 Å². The van der Waals surface area contributed by atoms with Crippen LogP contribution in [0.3, 0.4) is 0 Å². The molecule has 1 aliphatic carbocycles. The number of aromatic amines is 1. The lowest BCUT2D eigenvalue weighted by Gasteiger charge is -2.32. The zero-order valence-corrected chi connectivity index (χ0v) is 40.3. The van der Waals surface area contributed by atoms with E-state index in [4.69, 9.17) is 13.8 Å². The van der Waals surface area contributed by atoms with Crippen LogP contribution in [-0.2, 0) is 5.41 Å². The summed E-state index contributed by atoms with van der Waals surface area (Å²) in [5.41, 5.74) is 21.3. The first-order valence-electron chi connectivity index (χ1n) is 24.6. The summed E-state index contributed by atoms with van der Waals surface area (Å²) in [7, 11) is 0. The van der Waals surface area contributed by atoms with Gasteiger partial charge in [0.05, 0.1) is 33.7 Å². The maximum atomic E-state index is 7.07. The second-order valence-electron chi connectivity index (χ2n) is 19.2. The van der Waals surface area contributed by atoms with Crippen molar-refractivity contribution in [2.24, 2.45) is 0 Å². The first-order chi connectivity index (χ1) is 33.7. The van der Waals surface area contributed by atoms with E-state index in [0.29, 0.717) is 0 Å². The number of allylic oxidation sites excluding steroid dienone is 2. The number of benzene rings is 7. The van der Waals surface area contributed by atoms with Crippen LogP contribution >= 0.6 is 0 Å². The lowest BCUT2D eigenvalue weighted by Crippen LogP contribution is -2.28. The van der Waals surface area contributed by atoms with E-state index in [2.05, 4.69) is 201 Å². The third kappa shape index (κ3) is 5.99. The summed E-state index contributed by atoms with van der Waals surface area (Å²) >= 11 is 0. The fourth-order valence-corrected chi connectivity index (χ4v) is 12.3. The molecule has 5 aromatic heterocycles. The van der Waals surface area contributed by atoms with Crippen LogP contribution in [0.25, 0.3) is 105 Å². The molecule has 338 valence electrons. The monoisotopic (exact) mass is 900 g/mol. The van der Waals surface area contributed by atoms with E-state index < -0.39 is 0 Å². The molecule has 0 atom stereocenters. The fourth-order valence-electron chi connectivity index (χ4n) is 12.3. The van der Waals surface area contributed by atoms with Crippen molar-refractivity contribution < 1.29 is 13.9 Å². The van der Waals surface area contributed by atoms with Crippen LogP contribution in [0.1, 0.15) is 74.9 Å². The lowest BCUT2D eigenvalue weighted by atomic mass is 9.72. The Bertz CT molecular complexity index is 4070. The Labute approximate surface area is 400 Å². The second-order valence-corrected chi connectivity index (χ2v) is 19.2. The Morgan fingerprint density at radius 1 is 0.565 bits per heavy atom. The minimum atomic E-state index is 0.0238. The lowest BCUT2D eigenvalue weighted by molar-refractivity contribution is -0.482. The Kier molecular flexibility index (Phi) is 9.16. The van der Waals surface area contributed by atoms with Crippen LogP contribution < -0.4 is 5.10 Å². The fraction of sp³-hybridized carbons (Fsp3) is 0.194. The predicted molar refractivity (Wildman–Crippen MR) is 282 cm³/mol. The molecule has 13 rings (SSSR count). The van der Waals surface area contributed by atoms with Gasteiger partial charge in [-0.05, 0) is 124 Å². The molecule has 69 heavy (non-hydrogen) atoms. The van der Waals surface area contributed by atoms with Crippen LogP contribution in [0.5, 0.6) is 0 Å². The maximum absolute atomic E-state index is 7.07. The highest BCUT2D eigenvalue weighted by Crippen LogP contribution is 2.53. The van der Waals surface area contributed by atoms with Gasteiger partial charge in [0.15, 0.2) is 5.58 Å². The van der Waals surface area contributed by atoms with Crippen molar-refractivity contribution in [2.45, 2.75) is 79.6 Å². The molecule has 7 aromatic carbocycles. The molecule has 0 unspecified atom stereocenters. The molecule has 5 heterocycles. The molecule has 0 spiro atoms. The van der Waals surface area contributed by atoms with E-state index >= 15 is 0 Å². The van der Waals surface area contributed by atoms with Gasteiger partial charge in [-0.1, -0.05) is 111 Å². The third-order valence-electron chi connectivity index (χ3n) is 15.7. The average molecular weight is 901 g/mol. The molecular weight excluding hydrogens is 847 g/mol. The number of nitrogens with one attached hydrogen (secondary N) is 1. The van der Waals surface area contributed by atoms with Crippen molar-refractivity contribution in [1.82, 2.24) is 18.8 Å². The Morgan fingerprint density at radius 2 is 1.20 bits per heavy atom. The standard InChI is InChI=1S/C62H53N5O2/c1-8-40-33-51(40)62(9-2,10-3)50-22-14-17-25-54(50)67-37(5)59(36(4)64-67)41-27-29-58-47(31-41)49-32-42(34-55(61(49)69-58)66-52-23-15-11-19-44(52)45-20-12-16-24-53(45)66)60-38(6)65(39(7)63-60)43-28-30-57-48(35-43)46-21-13-18-26-56(46)68-57/h11-32,34-35H,8-10,33H2,1-7H3/p+1. The van der Waals surface area contributed by atoms with Crippen molar-refractivity contribution in [3.63, 3.8) is 0 Å². The van der Waals surface area contributed by atoms with Crippen LogP contribution in [0.15, 0.2) is 166 Å². The summed E-state index contributed by atoms with van der Waals surface area (Å²) in [6, 6.07) is 52.4. The molecule has 0 fully saturated rings. The number of hydrogen-bond donors (Lipinski definition) is 0. The largest absolute Gasteiger partial charge is 0.456 e. The number of fused-ring (bicyclic) bond motifs is 9. The highest BCUT2D eigenvalue weighted by molar-refractivity contribution is 6.14. The molecule has 0 amide bonds. The van der Waals surface area contributed by atoms with E-state index in [-0.39, 0.29) is 5.41 Å². The van der Waals surface area contributed by atoms with Crippen molar-refractivity contribution in [2.75, 3.05) is 0 Å². The van der Waals surface area contributed by atoms with Crippen LogP contribution in [0.4, 0.5) is 0 Å². The summed E-state index contributed by atoms with van der Waals surface area (Å²) in [6.45, 7) is 15.8. The van der Waals surface area contributed by atoms with Gasteiger partial charge in [0.1, 0.15) is 28.3 Å². The molecule has 1 N–H and O–H groups in total. The third-order valence-corrected chi connectivity index (χ3v) is 15.7. The first kappa shape index (κ1) is 41.3. The van der Waals surface area contributed by atoms with Gasteiger partial charge in [0.2, 0.25) is 5.69 Å². The summed E-state index contributed by atoms with van der Waals surface area (Å²) in [6.07, 6.45) is 4.44.